The molecular formula is C24H27N3O4. The van der Waals surface area contributed by atoms with Gasteiger partial charge < -0.3 is 15.0 Å². The van der Waals surface area contributed by atoms with E-state index in [9.17, 15) is 14.4 Å². The minimum absolute atomic E-state index is 0.142. The summed E-state index contributed by atoms with van der Waals surface area (Å²) < 4.78 is 5.78. The van der Waals surface area contributed by atoms with Gasteiger partial charge in [0, 0.05) is 42.9 Å². The van der Waals surface area contributed by atoms with Gasteiger partial charge in [0.1, 0.15) is 0 Å². The molecule has 2 unspecified atom stereocenters. The molecule has 2 atom stereocenters. The van der Waals surface area contributed by atoms with Crippen LogP contribution in [0.2, 0.25) is 0 Å². The lowest BCUT2D eigenvalue weighted by molar-refractivity contribution is -0.139. The van der Waals surface area contributed by atoms with E-state index >= 15 is 0 Å². The predicted molar refractivity (Wildman–Crippen MR) is 118 cm³/mol. The van der Waals surface area contributed by atoms with Gasteiger partial charge in [0.2, 0.25) is 11.8 Å². The number of hydrogen-bond donors (Lipinski definition) is 1. The van der Waals surface area contributed by atoms with Crippen LogP contribution in [0.4, 0.5) is 11.4 Å². The Balaban J connectivity index is 1.36. The molecule has 2 heterocycles. The second-order valence-corrected chi connectivity index (χ2v) is 8.23. The van der Waals surface area contributed by atoms with Crippen LogP contribution in [0.1, 0.15) is 42.6 Å². The van der Waals surface area contributed by atoms with Crippen LogP contribution >= 0.6 is 0 Å². The number of nitrogens with zero attached hydrogens (tertiary/aromatic N) is 2. The average Bonchev–Trinajstić information content (AvgIpc) is 3.06. The van der Waals surface area contributed by atoms with Crippen molar-refractivity contribution in [3.63, 3.8) is 0 Å². The van der Waals surface area contributed by atoms with Crippen molar-refractivity contribution >= 4 is 29.1 Å². The molecular weight excluding hydrogens is 394 g/mol. The Morgan fingerprint density at radius 1 is 0.935 bits per heavy atom. The molecule has 4 rings (SSSR count). The van der Waals surface area contributed by atoms with Crippen LogP contribution in [0.15, 0.2) is 48.5 Å². The van der Waals surface area contributed by atoms with Gasteiger partial charge in [0.25, 0.3) is 5.91 Å². The Labute approximate surface area is 182 Å². The topological polar surface area (TPSA) is 79.0 Å². The molecule has 0 aromatic heterocycles. The number of amides is 3. The first-order valence-corrected chi connectivity index (χ1v) is 10.6. The largest absolute Gasteiger partial charge is 0.372 e. The number of ether oxygens (including phenoxy) is 1. The molecule has 2 aliphatic rings. The minimum Gasteiger partial charge on any atom is -0.372 e. The van der Waals surface area contributed by atoms with Gasteiger partial charge in [-0.25, -0.2) is 0 Å². The van der Waals surface area contributed by atoms with E-state index in [4.69, 9.17) is 4.74 Å². The van der Waals surface area contributed by atoms with Gasteiger partial charge in [-0.05, 0) is 55.8 Å². The van der Waals surface area contributed by atoms with Gasteiger partial charge in [-0.1, -0.05) is 12.1 Å². The van der Waals surface area contributed by atoms with Gasteiger partial charge in [-0.3, -0.25) is 19.3 Å². The summed E-state index contributed by atoms with van der Waals surface area (Å²) in [5.41, 5.74) is 3.16. The van der Waals surface area contributed by atoms with E-state index in [1.54, 1.807) is 24.3 Å². The van der Waals surface area contributed by atoms with Crippen LogP contribution in [-0.4, -0.2) is 47.9 Å². The van der Waals surface area contributed by atoms with Gasteiger partial charge >= 0.3 is 0 Å². The van der Waals surface area contributed by atoms with E-state index in [-0.39, 0.29) is 49.3 Å². The summed E-state index contributed by atoms with van der Waals surface area (Å²) >= 11 is 0. The molecule has 7 heteroatoms. The lowest BCUT2D eigenvalue weighted by Crippen LogP contribution is -2.45. The zero-order chi connectivity index (χ0) is 22.0. The van der Waals surface area contributed by atoms with Crippen LogP contribution < -0.4 is 10.2 Å². The maximum atomic E-state index is 12.6. The Morgan fingerprint density at radius 3 is 2.10 bits per heavy atom. The molecule has 2 aromatic carbocycles. The molecule has 0 saturated carbocycles. The Hall–Kier alpha value is -3.19. The number of benzene rings is 2. The zero-order valence-corrected chi connectivity index (χ0v) is 17.8. The number of imide groups is 1. The van der Waals surface area contributed by atoms with Crippen LogP contribution in [0, 0.1) is 0 Å². The highest BCUT2D eigenvalue weighted by molar-refractivity contribution is 6.04. The summed E-state index contributed by atoms with van der Waals surface area (Å²) in [5, 5.41) is 2.91. The summed E-state index contributed by atoms with van der Waals surface area (Å²) in [6.45, 7) is 6.08. The van der Waals surface area contributed by atoms with E-state index in [2.05, 4.69) is 24.1 Å². The Kier molecular flexibility index (Phi) is 6.04. The highest BCUT2D eigenvalue weighted by Crippen LogP contribution is 2.23. The molecule has 0 radical (unpaired) electrons. The third-order valence-electron chi connectivity index (χ3n) is 5.62. The molecule has 1 N–H and O–H groups in total. The summed E-state index contributed by atoms with van der Waals surface area (Å²) in [6, 6.07) is 14.8. The first kappa shape index (κ1) is 21.1. The molecule has 31 heavy (non-hydrogen) atoms. The smallest absolute Gasteiger partial charge is 0.255 e. The first-order valence-electron chi connectivity index (χ1n) is 10.6. The molecule has 2 aliphatic heterocycles. The maximum Gasteiger partial charge on any atom is 0.255 e. The van der Waals surface area contributed by atoms with E-state index in [1.807, 2.05) is 24.3 Å². The van der Waals surface area contributed by atoms with Crippen molar-refractivity contribution in [1.82, 2.24) is 4.90 Å². The van der Waals surface area contributed by atoms with Crippen LogP contribution in [0.5, 0.6) is 0 Å². The van der Waals surface area contributed by atoms with Crippen LogP contribution in [0.25, 0.3) is 0 Å². The minimum atomic E-state index is -0.207. The van der Waals surface area contributed by atoms with Gasteiger partial charge in [0.05, 0.1) is 18.8 Å². The van der Waals surface area contributed by atoms with Crippen molar-refractivity contribution in [2.24, 2.45) is 0 Å². The molecule has 162 valence electrons. The number of carbonyl (C=O) groups excluding carboxylic acids is 3. The molecule has 0 bridgehead atoms. The molecule has 2 fully saturated rings. The van der Waals surface area contributed by atoms with Crippen LogP contribution in [-0.2, 0) is 20.9 Å². The Morgan fingerprint density at radius 2 is 1.52 bits per heavy atom. The molecule has 7 nitrogen and oxygen atoms in total. The van der Waals surface area contributed by atoms with Crippen molar-refractivity contribution in [2.75, 3.05) is 23.3 Å². The number of carbonyl (C=O) groups is 3. The standard InChI is InChI=1S/C24H27N3O4/c1-16-13-26(14-17(2)31-16)21-9-7-20(8-10-21)25-24(30)19-5-3-18(4-6-19)15-27-22(28)11-12-23(27)29/h3-10,16-17H,11-15H2,1-2H3,(H,25,30). The monoisotopic (exact) mass is 421 g/mol. The van der Waals surface area contributed by atoms with Crippen molar-refractivity contribution in [2.45, 2.75) is 45.4 Å². The fourth-order valence-electron chi connectivity index (χ4n) is 4.09. The van der Waals surface area contributed by atoms with Crippen molar-refractivity contribution in [3.8, 4) is 0 Å². The number of likely N-dealkylation sites (tertiary alicyclic amines) is 1. The van der Waals surface area contributed by atoms with Gasteiger partial charge in [0.15, 0.2) is 0 Å². The number of nitrogens with one attached hydrogen (secondary N) is 1. The van der Waals surface area contributed by atoms with Crippen molar-refractivity contribution in [3.05, 3.63) is 59.7 Å². The van der Waals surface area contributed by atoms with E-state index in [0.717, 1.165) is 30.0 Å². The zero-order valence-electron chi connectivity index (χ0n) is 17.8. The number of hydrogen-bond acceptors (Lipinski definition) is 5. The number of morpholine rings is 1. The molecule has 0 aliphatic carbocycles. The summed E-state index contributed by atoms with van der Waals surface area (Å²) in [4.78, 5) is 39.7. The third kappa shape index (κ3) is 4.94. The van der Waals surface area contributed by atoms with Gasteiger partial charge in [-0.15, -0.1) is 0 Å². The van der Waals surface area contributed by atoms with Crippen molar-refractivity contribution in [1.29, 1.82) is 0 Å². The first-order chi connectivity index (χ1) is 14.9. The molecule has 2 aromatic rings. The van der Waals surface area contributed by atoms with E-state index < -0.39 is 0 Å². The third-order valence-corrected chi connectivity index (χ3v) is 5.62. The SMILES string of the molecule is CC1CN(c2ccc(NC(=O)c3ccc(CN4C(=O)CCC4=O)cc3)cc2)CC(C)O1. The fourth-order valence-corrected chi connectivity index (χ4v) is 4.09. The second-order valence-electron chi connectivity index (χ2n) is 8.23. The number of anilines is 2. The summed E-state index contributed by atoms with van der Waals surface area (Å²) in [7, 11) is 0. The molecule has 0 spiro atoms. The van der Waals surface area contributed by atoms with E-state index in [0.29, 0.717) is 5.56 Å². The summed E-state index contributed by atoms with van der Waals surface area (Å²) in [5.74, 6) is -0.492. The molecule has 3 amide bonds. The summed E-state index contributed by atoms with van der Waals surface area (Å²) in [6.07, 6.45) is 0.935. The predicted octanol–water partition coefficient (Wildman–Crippen LogP) is 3.20. The quantitative estimate of drug-likeness (QED) is 0.750. The number of rotatable bonds is 5. The lowest BCUT2D eigenvalue weighted by Gasteiger charge is -2.36. The fraction of sp³-hybridized carbons (Fsp3) is 0.375. The van der Waals surface area contributed by atoms with Crippen molar-refractivity contribution < 1.29 is 19.1 Å². The lowest BCUT2D eigenvalue weighted by atomic mass is 10.1. The van der Waals surface area contributed by atoms with Crippen LogP contribution in [0.3, 0.4) is 0 Å². The maximum absolute atomic E-state index is 12.6. The van der Waals surface area contributed by atoms with E-state index in [1.165, 1.54) is 4.90 Å². The molecule has 2 saturated heterocycles. The normalized spacial score (nSPS) is 21.5. The van der Waals surface area contributed by atoms with Gasteiger partial charge in [-0.2, -0.15) is 0 Å². The Bertz CT molecular complexity index is 945. The highest BCUT2D eigenvalue weighted by Gasteiger charge is 2.28. The highest BCUT2D eigenvalue weighted by atomic mass is 16.5. The average molecular weight is 421 g/mol. The second kappa shape index (κ2) is 8.89.